The van der Waals surface area contributed by atoms with Crippen LogP contribution in [0.3, 0.4) is 0 Å². The molecule has 2 aliphatic carbocycles. The fourth-order valence-electron chi connectivity index (χ4n) is 14.2. The molecule has 0 radical (unpaired) electrons. The zero-order valence-electron chi connectivity index (χ0n) is 44.9. The van der Waals surface area contributed by atoms with Gasteiger partial charge in [0.2, 0.25) is 0 Å². The molecular weight excluding hydrogens is 985 g/mol. The van der Waals surface area contributed by atoms with Crippen molar-refractivity contribution < 1.29 is 0 Å². The minimum Gasteiger partial charge on any atom is -0.0622 e. The largest absolute Gasteiger partial charge is 0.0622 e. The molecule has 0 spiro atoms. The van der Waals surface area contributed by atoms with Crippen LogP contribution in [-0.4, -0.2) is 0 Å². The zero-order chi connectivity index (χ0) is 53.8. The molecule has 17 rings (SSSR count). The average molecular weight is 1040 g/mol. The second-order valence-corrected chi connectivity index (χ2v) is 22.1. The predicted molar refractivity (Wildman–Crippen MR) is 349 cm³/mol. The lowest BCUT2D eigenvalue weighted by atomic mass is 9.80. The third-order valence-corrected chi connectivity index (χ3v) is 17.7. The van der Waals surface area contributed by atoms with Gasteiger partial charge in [0, 0.05) is 0 Å². The predicted octanol–water partition coefficient (Wildman–Crippen LogP) is 22.9. The monoisotopic (exact) mass is 1030 g/mol. The van der Waals surface area contributed by atoms with E-state index in [1.165, 1.54) is 177 Å². The van der Waals surface area contributed by atoms with Gasteiger partial charge >= 0.3 is 0 Å². The molecule has 0 atom stereocenters. The van der Waals surface area contributed by atoms with Crippen molar-refractivity contribution in [1.29, 1.82) is 0 Å². The molecule has 0 aliphatic heterocycles. The number of benzene rings is 15. The van der Waals surface area contributed by atoms with E-state index in [1.54, 1.807) is 0 Å². The molecule has 0 fully saturated rings. The fraction of sp³-hybridized carbons (Fsp3) is 0. The van der Waals surface area contributed by atoms with Crippen molar-refractivity contribution in [2.24, 2.45) is 0 Å². The van der Waals surface area contributed by atoms with E-state index in [9.17, 15) is 0 Å². The van der Waals surface area contributed by atoms with Crippen LogP contribution >= 0.6 is 0 Å². The van der Waals surface area contributed by atoms with Gasteiger partial charge in [-0.2, -0.15) is 0 Å². The molecular formula is C82H50. The third kappa shape index (κ3) is 7.12. The van der Waals surface area contributed by atoms with Crippen LogP contribution in [0.4, 0.5) is 0 Å². The van der Waals surface area contributed by atoms with Crippen molar-refractivity contribution in [2.75, 3.05) is 0 Å². The van der Waals surface area contributed by atoms with Crippen molar-refractivity contribution in [3.05, 3.63) is 303 Å². The summed E-state index contributed by atoms with van der Waals surface area (Å²) >= 11 is 0. The Hall–Kier alpha value is -10.7. The van der Waals surface area contributed by atoms with Crippen molar-refractivity contribution >= 4 is 43.1 Å². The van der Waals surface area contributed by atoms with Gasteiger partial charge in [-0.3, -0.25) is 0 Å². The molecule has 0 nitrogen and oxygen atoms in total. The molecule has 0 saturated heterocycles. The highest BCUT2D eigenvalue weighted by molar-refractivity contribution is 6.36. The second-order valence-electron chi connectivity index (χ2n) is 22.1. The maximum absolute atomic E-state index is 2.49. The Labute approximate surface area is 477 Å². The highest BCUT2D eigenvalue weighted by atomic mass is 14.4. The van der Waals surface area contributed by atoms with Crippen LogP contribution in [0.5, 0.6) is 0 Å². The molecule has 0 N–H and O–H groups in total. The molecule has 0 aromatic heterocycles. The Morgan fingerprint density at radius 1 is 0.134 bits per heavy atom. The van der Waals surface area contributed by atoms with Crippen LogP contribution in [0.1, 0.15) is 0 Å². The summed E-state index contributed by atoms with van der Waals surface area (Å²) in [5.41, 5.74) is 29.8. The van der Waals surface area contributed by atoms with Gasteiger partial charge in [0.1, 0.15) is 0 Å². The summed E-state index contributed by atoms with van der Waals surface area (Å²) in [7, 11) is 0. The molecule has 0 heteroatoms. The van der Waals surface area contributed by atoms with E-state index in [2.05, 4.69) is 303 Å². The van der Waals surface area contributed by atoms with Crippen molar-refractivity contribution in [3.8, 4) is 134 Å². The lowest BCUT2D eigenvalue weighted by molar-refractivity contribution is 1.58. The Kier molecular flexibility index (Phi) is 10.4. The molecule has 15 aromatic carbocycles. The van der Waals surface area contributed by atoms with Gasteiger partial charge in [0.25, 0.3) is 0 Å². The number of fused-ring (bicyclic) bond motifs is 9. The van der Waals surface area contributed by atoms with Crippen LogP contribution in [0.15, 0.2) is 303 Å². The van der Waals surface area contributed by atoms with Crippen LogP contribution < -0.4 is 0 Å². The summed E-state index contributed by atoms with van der Waals surface area (Å²) in [5.74, 6) is 0. The van der Waals surface area contributed by atoms with E-state index < -0.39 is 0 Å². The summed E-state index contributed by atoms with van der Waals surface area (Å²) in [6, 6.07) is 113. The first-order valence-corrected chi connectivity index (χ1v) is 28.6. The number of hydrogen-bond donors (Lipinski definition) is 0. The van der Waals surface area contributed by atoms with Gasteiger partial charge in [-0.15, -0.1) is 0 Å². The van der Waals surface area contributed by atoms with Crippen LogP contribution in [0.25, 0.3) is 177 Å². The molecule has 82 heavy (non-hydrogen) atoms. The summed E-state index contributed by atoms with van der Waals surface area (Å²) in [4.78, 5) is 0. The first-order valence-electron chi connectivity index (χ1n) is 28.6. The summed E-state index contributed by atoms with van der Waals surface area (Å²) in [5, 5.41) is 10.1. The first kappa shape index (κ1) is 46.3. The summed E-state index contributed by atoms with van der Waals surface area (Å²) in [6.07, 6.45) is 0. The molecule has 0 bridgehead atoms. The maximum Gasteiger partial charge on any atom is -0.000740 e. The highest BCUT2D eigenvalue weighted by Crippen LogP contribution is 2.65. The average Bonchev–Trinajstić information content (AvgIpc) is 1.78. The SMILES string of the molecule is c1ccc(-c2cccc(-c3c4c(c(-c5cccc(-c6ccccc6)c5)c5ccccc35)-c3ccc5c6c(ccc-4c36)-c3c-5c(-c4cccc(-c5ccccc5)c4)c4cc5ccccc5cc4c3-c3cccc(-c4ccccc4)c3)c2)cc1. The lowest BCUT2D eigenvalue weighted by Crippen LogP contribution is -1.95. The lowest BCUT2D eigenvalue weighted by Gasteiger charge is -2.22. The van der Waals surface area contributed by atoms with Gasteiger partial charge in [-0.25, -0.2) is 0 Å². The first-order chi connectivity index (χ1) is 40.7. The molecule has 0 heterocycles. The fourth-order valence-corrected chi connectivity index (χ4v) is 14.2. The highest BCUT2D eigenvalue weighted by Gasteiger charge is 2.37. The van der Waals surface area contributed by atoms with Gasteiger partial charge in [-0.05, 0) is 213 Å². The maximum atomic E-state index is 2.49. The number of hydrogen-bond acceptors (Lipinski definition) is 0. The van der Waals surface area contributed by atoms with Crippen molar-refractivity contribution in [2.45, 2.75) is 0 Å². The van der Waals surface area contributed by atoms with E-state index in [4.69, 9.17) is 0 Å². The van der Waals surface area contributed by atoms with Crippen molar-refractivity contribution in [3.63, 3.8) is 0 Å². The van der Waals surface area contributed by atoms with Gasteiger partial charge in [0.15, 0.2) is 0 Å². The quantitative estimate of drug-likeness (QED) is 0.133. The van der Waals surface area contributed by atoms with Crippen LogP contribution in [-0.2, 0) is 0 Å². The Balaban J connectivity index is 1.01. The third-order valence-electron chi connectivity index (χ3n) is 17.7. The summed E-state index contributed by atoms with van der Waals surface area (Å²) < 4.78 is 0. The normalized spacial score (nSPS) is 11.9. The van der Waals surface area contributed by atoms with E-state index >= 15 is 0 Å². The van der Waals surface area contributed by atoms with E-state index in [1.807, 2.05) is 0 Å². The summed E-state index contributed by atoms with van der Waals surface area (Å²) in [6.45, 7) is 0. The van der Waals surface area contributed by atoms with Crippen LogP contribution in [0.2, 0.25) is 0 Å². The molecule has 0 saturated carbocycles. The van der Waals surface area contributed by atoms with E-state index in [0.29, 0.717) is 0 Å². The Morgan fingerprint density at radius 3 is 0.659 bits per heavy atom. The number of rotatable bonds is 8. The Bertz CT molecular complexity index is 4790. The van der Waals surface area contributed by atoms with Gasteiger partial charge < -0.3 is 0 Å². The topological polar surface area (TPSA) is 0 Å². The minimum atomic E-state index is 1.20. The standard InChI is InChI=1S/C82H50/c1-5-21-51(22-6-1)55-31-17-35-61(45-55)73-65-39-15-16-40-66(65)74(62-36-18-32-56(46-62)52-23-7-2-8-24-52)80-68-42-44-70-78-69(43-41-67(77(68)78)79(73)80)81-75(63-37-19-33-57(47-63)53-25-9-3-10-26-53)71-49-59-29-13-14-30-60(59)50-72(71)76(82(70)81)64-38-20-34-58(48-64)54-27-11-4-12-28-54/h1-50H. The molecule has 2 aliphatic rings. The smallest absolute Gasteiger partial charge is 0.000740 e. The second kappa shape index (κ2) is 18.5. The van der Waals surface area contributed by atoms with Crippen molar-refractivity contribution in [1.82, 2.24) is 0 Å². The zero-order valence-corrected chi connectivity index (χ0v) is 44.9. The van der Waals surface area contributed by atoms with E-state index in [0.717, 1.165) is 0 Å². The van der Waals surface area contributed by atoms with E-state index in [-0.39, 0.29) is 0 Å². The van der Waals surface area contributed by atoms with Crippen LogP contribution in [0, 0.1) is 0 Å². The van der Waals surface area contributed by atoms with Gasteiger partial charge in [-0.1, -0.05) is 267 Å². The Morgan fingerprint density at radius 2 is 0.366 bits per heavy atom. The minimum absolute atomic E-state index is 1.20. The van der Waals surface area contributed by atoms with Gasteiger partial charge in [0.05, 0.1) is 0 Å². The molecule has 0 amide bonds. The molecule has 0 unspecified atom stereocenters. The molecule has 15 aromatic rings. The molecule has 378 valence electrons.